The minimum absolute atomic E-state index is 0. The number of benzene rings is 2. The van der Waals surface area contributed by atoms with Crippen LogP contribution in [-0.2, 0) is 6.42 Å². The molecule has 0 atom stereocenters. The highest BCUT2D eigenvalue weighted by molar-refractivity contribution is 6.15. The predicted octanol–water partition coefficient (Wildman–Crippen LogP) is 6.42. The molecule has 2 nitrogen and oxygen atoms in total. The van der Waals surface area contributed by atoms with Crippen LogP contribution in [-0.4, -0.2) is 16.6 Å². The molecule has 0 amide bonds. The minimum atomic E-state index is 0. The third-order valence-corrected chi connectivity index (χ3v) is 2.38. The van der Waals surface area contributed by atoms with Crippen molar-refractivity contribution < 1.29 is 10.2 Å². The number of rotatable bonds is 1. The van der Waals surface area contributed by atoms with Crippen molar-refractivity contribution in [3.05, 3.63) is 59.7 Å². The zero-order valence-corrected chi connectivity index (χ0v) is 12.4. The third kappa shape index (κ3) is 13.3. The SMILES string of the molecule is C.C.C.CCc1ccc(O)cc1.CCl.Cc1ccc(O)cc1. The summed E-state index contributed by atoms with van der Waals surface area (Å²) in [7, 11) is 0. The van der Waals surface area contributed by atoms with E-state index in [-0.39, 0.29) is 22.3 Å². The summed E-state index contributed by atoms with van der Waals surface area (Å²) in [5, 5.41) is 17.6. The van der Waals surface area contributed by atoms with Crippen LogP contribution >= 0.6 is 11.6 Å². The average Bonchev–Trinajstić information content (AvgIpc) is 2.46. The van der Waals surface area contributed by atoms with Gasteiger partial charge in [-0.2, -0.15) is 0 Å². The first kappa shape index (κ1) is 28.5. The number of hydrogen-bond donors (Lipinski definition) is 2. The van der Waals surface area contributed by atoms with Crippen LogP contribution < -0.4 is 0 Å². The molecule has 0 aliphatic heterocycles. The zero-order valence-electron chi connectivity index (χ0n) is 11.6. The fraction of sp³-hybridized carbons (Fsp3) is 0.368. The Bertz CT molecular complexity index is 415. The summed E-state index contributed by atoms with van der Waals surface area (Å²) < 4.78 is 0. The van der Waals surface area contributed by atoms with Gasteiger partial charge in [-0.3, -0.25) is 0 Å². The third-order valence-electron chi connectivity index (χ3n) is 2.38. The Balaban J connectivity index is -0.000000118. The summed E-state index contributed by atoms with van der Waals surface area (Å²) in [5.41, 5.74) is 2.43. The van der Waals surface area contributed by atoms with E-state index in [1.165, 1.54) is 17.5 Å². The molecule has 0 spiro atoms. The number of hydrogen-bond acceptors (Lipinski definition) is 2. The van der Waals surface area contributed by atoms with E-state index in [0.717, 1.165) is 6.42 Å². The smallest absolute Gasteiger partial charge is 0.115 e. The van der Waals surface area contributed by atoms with Crippen molar-refractivity contribution in [3.8, 4) is 11.5 Å². The van der Waals surface area contributed by atoms with Crippen molar-refractivity contribution in [1.82, 2.24) is 0 Å². The van der Waals surface area contributed by atoms with Crippen LogP contribution in [0.4, 0.5) is 0 Å². The number of phenolic OH excluding ortho intramolecular Hbond substituents is 2. The van der Waals surface area contributed by atoms with Gasteiger partial charge in [0.1, 0.15) is 11.5 Å². The molecule has 2 aromatic carbocycles. The lowest BCUT2D eigenvalue weighted by molar-refractivity contribution is 0.474. The molecular formula is C19H33ClO2. The normalized spacial score (nSPS) is 7.45. The first-order valence-electron chi connectivity index (χ1n) is 6.03. The molecule has 0 heterocycles. The van der Waals surface area contributed by atoms with Gasteiger partial charge in [-0.05, 0) is 43.2 Å². The summed E-state index contributed by atoms with van der Waals surface area (Å²) >= 11 is 4.64. The Labute approximate surface area is 142 Å². The van der Waals surface area contributed by atoms with Gasteiger partial charge in [0.2, 0.25) is 0 Å². The summed E-state index contributed by atoms with van der Waals surface area (Å²) in [4.78, 5) is 0. The molecule has 0 saturated carbocycles. The van der Waals surface area contributed by atoms with E-state index in [4.69, 9.17) is 10.2 Å². The standard InChI is InChI=1S/C8H10O.C7H8O.CH3Cl.3CH4/c1-2-7-3-5-8(9)6-4-7;1-6-2-4-7(8)5-3-6;1-2;;;/h3-6,9H,2H2,1H3;2-5,8H,1H3;1H3;3*1H4. The maximum atomic E-state index is 8.85. The number of alkyl halides is 1. The topological polar surface area (TPSA) is 40.5 Å². The maximum Gasteiger partial charge on any atom is 0.115 e. The van der Waals surface area contributed by atoms with E-state index in [2.05, 4.69) is 18.5 Å². The molecule has 0 aromatic heterocycles. The van der Waals surface area contributed by atoms with Crippen molar-refractivity contribution >= 4 is 11.6 Å². The molecule has 0 fully saturated rings. The Kier molecular flexibility index (Phi) is 22.5. The van der Waals surface area contributed by atoms with Crippen molar-refractivity contribution in [3.63, 3.8) is 0 Å². The van der Waals surface area contributed by atoms with Crippen LogP contribution in [0.15, 0.2) is 48.5 Å². The molecule has 2 rings (SSSR count). The second-order valence-electron chi connectivity index (χ2n) is 3.86. The summed E-state index contributed by atoms with van der Waals surface area (Å²) in [6.07, 6.45) is 2.50. The molecule has 0 aliphatic carbocycles. The molecule has 128 valence electrons. The maximum absolute atomic E-state index is 8.85. The first-order valence-corrected chi connectivity index (χ1v) is 6.78. The lowest BCUT2D eigenvalue weighted by atomic mass is 10.2. The molecule has 2 aromatic rings. The van der Waals surface area contributed by atoms with Gasteiger partial charge >= 0.3 is 0 Å². The Hall–Kier alpha value is -1.67. The second-order valence-corrected chi connectivity index (χ2v) is 3.86. The highest BCUT2D eigenvalue weighted by atomic mass is 35.5. The van der Waals surface area contributed by atoms with Crippen LogP contribution in [0.5, 0.6) is 11.5 Å². The molecule has 0 aliphatic rings. The molecule has 0 saturated heterocycles. The Morgan fingerprint density at radius 1 is 0.727 bits per heavy atom. The van der Waals surface area contributed by atoms with Gasteiger partial charge in [0.05, 0.1) is 0 Å². The molecule has 0 unspecified atom stereocenters. The van der Waals surface area contributed by atoms with E-state index in [0.29, 0.717) is 11.5 Å². The fourth-order valence-corrected chi connectivity index (χ4v) is 1.28. The second kappa shape index (κ2) is 17.4. The van der Waals surface area contributed by atoms with Crippen LogP contribution in [0, 0.1) is 6.92 Å². The summed E-state index contributed by atoms with van der Waals surface area (Å²) in [5.74, 6) is 0.669. The first-order chi connectivity index (χ1) is 9.11. The van der Waals surface area contributed by atoms with E-state index < -0.39 is 0 Å². The van der Waals surface area contributed by atoms with Crippen LogP contribution in [0.3, 0.4) is 0 Å². The van der Waals surface area contributed by atoms with Gasteiger partial charge in [-0.15, -0.1) is 11.6 Å². The van der Waals surface area contributed by atoms with Crippen molar-refractivity contribution in [2.75, 3.05) is 6.38 Å². The van der Waals surface area contributed by atoms with Crippen molar-refractivity contribution in [2.24, 2.45) is 0 Å². The molecule has 0 bridgehead atoms. The molecule has 0 radical (unpaired) electrons. The van der Waals surface area contributed by atoms with E-state index in [9.17, 15) is 0 Å². The number of aromatic hydroxyl groups is 2. The van der Waals surface area contributed by atoms with Gasteiger partial charge in [0.25, 0.3) is 0 Å². The van der Waals surface area contributed by atoms with Crippen molar-refractivity contribution in [1.29, 1.82) is 0 Å². The lowest BCUT2D eigenvalue weighted by Crippen LogP contribution is -1.75. The van der Waals surface area contributed by atoms with Crippen LogP contribution in [0.2, 0.25) is 0 Å². The highest BCUT2D eigenvalue weighted by Gasteiger charge is 1.86. The number of phenols is 2. The van der Waals surface area contributed by atoms with Crippen LogP contribution in [0.1, 0.15) is 40.3 Å². The fourth-order valence-electron chi connectivity index (χ4n) is 1.28. The van der Waals surface area contributed by atoms with E-state index in [1.807, 2.05) is 31.2 Å². The summed E-state index contributed by atoms with van der Waals surface area (Å²) in [6, 6.07) is 14.4. The van der Waals surface area contributed by atoms with Gasteiger partial charge in [-0.1, -0.05) is 59.0 Å². The van der Waals surface area contributed by atoms with Gasteiger partial charge < -0.3 is 10.2 Å². The monoisotopic (exact) mass is 328 g/mol. The van der Waals surface area contributed by atoms with Crippen molar-refractivity contribution in [2.45, 2.75) is 42.5 Å². The van der Waals surface area contributed by atoms with Gasteiger partial charge in [0.15, 0.2) is 0 Å². The largest absolute Gasteiger partial charge is 0.508 e. The molecule has 2 N–H and O–H groups in total. The Morgan fingerprint density at radius 3 is 1.32 bits per heavy atom. The molecular weight excluding hydrogens is 296 g/mol. The lowest BCUT2D eigenvalue weighted by Gasteiger charge is -1.93. The molecule has 3 heteroatoms. The Morgan fingerprint density at radius 2 is 1.05 bits per heavy atom. The number of halogens is 1. The highest BCUT2D eigenvalue weighted by Crippen LogP contribution is 2.09. The molecule has 22 heavy (non-hydrogen) atoms. The van der Waals surface area contributed by atoms with E-state index >= 15 is 0 Å². The van der Waals surface area contributed by atoms with Gasteiger partial charge in [-0.25, -0.2) is 0 Å². The quantitative estimate of drug-likeness (QED) is 0.593. The summed E-state index contributed by atoms with van der Waals surface area (Å²) in [6.45, 7) is 4.08. The predicted molar refractivity (Wildman–Crippen MR) is 102 cm³/mol. The van der Waals surface area contributed by atoms with Gasteiger partial charge in [0, 0.05) is 6.38 Å². The van der Waals surface area contributed by atoms with E-state index in [1.54, 1.807) is 24.3 Å². The number of aryl methyl sites for hydroxylation is 2. The average molecular weight is 329 g/mol. The van der Waals surface area contributed by atoms with Crippen LogP contribution in [0.25, 0.3) is 0 Å². The zero-order chi connectivity index (χ0) is 14.7. The minimum Gasteiger partial charge on any atom is -0.508 e.